The van der Waals surface area contributed by atoms with Crippen LogP contribution in [-0.2, 0) is 16.4 Å². The van der Waals surface area contributed by atoms with Crippen LogP contribution in [-0.4, -0.2) is 20.2 Å². The molecule has 0 aromatic heterocycles. The van der Waals surface area contributed by atoms with Gasteiger partial charge in [-0.2, -0.15) is 0 Å². The van der Waals surface area contributed by atoms with Gasteiger partial charge in [0.15, 0.2) is 0 Å². The molecule has 0 bridgehead atoms. The van der Waals surface area contributed by atoms with Gasteiger partial charge in [0.25, 0.3) is 0 Å². The summed E-state index contributed by atoms with van der Waals surface area (Å²) in [5.74, 6) is -1.30. The Balaban J connectivity index is 2.74. The molecule has 0 radical (unpaired) electrons. The molecule has 3 nitrogen and oxygen atoms in total. The van der Waals surface area contributed by atoms with Gasteiger partial charge in [0.2, 0.25) is 10.0 Å². The van der Waals surface area contributed by atoms with E-state index in [9.17, 15) is 17.2 Å². The summed E-state index contributed by atoms with van der Waals surface area (Å²) in [6, 6.07) is 3.05. The molecule has 0 saturated heterocycles. The number of sulfonamides is 1. The highest BCUT2D eigenvalue weighted by Crippen LogP contribution is 2.14. The lowest BCUT2D eigenvalue weighted by Gasteiger charge is -2.14. The molecule has 6 heteroatoms. The van der Waals surface area contributed by atoms with Gasteiger partial charge in [-0.15, -0.1) is 0 Å². The smallest absolute Gasteiger partial charge is 0.211 e. The Morgan fingerprint density at radius 1 is 1.28 bits per heavy atom. The minimum Gasteiger partial charge on any atom is -0.212 e. The molecule has 1 N–H and O–H groups in total. The molecule has 0 saturated carbocycles. The van der Waals surface area contributed by atoms with E-state index in [0.29, 0.717) is 6.42 Å². The van der Waals surface area contributed by atoms with Crippen molar-refractivity contribution < 1.29 is 17.2 Å². The predicted molar refractivity (Wildman–Crippen MR) is 66.7 cm³/mol. The van der Waals surface area contributed by atoms with Crippen molar-refractivity contribution in [3.05, 3.63) is 35.4 Å². The maximum Gasteiger partial charge on any atom is 0.211 e. The van der Waals surface area contributed by atoms with E-state index in [4.69, 9.17) is 0 Å². The first kappa shape index (κ1) is 15.0. The highest BCUT2D eigenvalue weighted by atomic mass is 32.2. The zero-order chi connectivity index (χ0) is 13.8. The SMILES string of the molecule is CCCS(=O)(=O)NC(C)Cc1c(F)cccc1F. The maximum atomic E-state index is 13.4. The number of benzene rings is 1. The summed E-state index contributed by atoms with van der Waals surface area (Å²) >= 11 is 0. The van der Waals surface area contributed by atoms with Crippen molar-refractivity contribution in [1.82, 2.24) is 4.72 Å². The molecule has 102 valence electrons. The van der Waals surface area contributed by atoms with Gasteiger partial charge in [-0.3, -0.25) is 0 Å². The Bertz CT molecular complexity index is 483. The van der Waals surface area contributed by atoms with Gasteiger partial charge < -0.3 is 0 Å². The van der Waals surface area contributed by atoms with Crippen LogP contribution in [0.3, 0.4) is 0 Å². The van der Waals surface area contributed by atoms with Crippen molar-refractivity contribution in [3.8, 4) is 0 Å². The maximum absolute atomic E-state index is 13.4. The van der Waals surface area contributed by atoms with Crippen LogP contribution in [0.2, 0.25) is 0 Å². The summed E-state index contributed by atoms with van der Waals surface area (Å²) in [7, 11) is -3.37. The van der Waals surface area contributed by atoms with Gasteiger partial charge >= 0.3 is 0 Å². The molecule has 0 heterocycles. The van der Waals surface area contributed by atoms with Crippen LogP contribution >= 0.6 is 0 Å². The lowest BCUT2D eigenvalue weighted by atomic mass is 10.1. The molecule has 0 fully saturated rings. The van der Waals surface area contributed by atoms with Crippen LogP contribution in [0.25, 0.3) is 0 Å². The third-order valence-corrected chi connectivity index (χ3v) is 4.13. The lowest BCUT2D eigenvalue weighted by Crippen LogP contribution is -2.36. The van der Waals surface area contributed by atoms with E-state index in [1.807, 2.05) is 0 Å². The van der Waals surface area contributed by atoms with Gasteiger partial charge in [0, 0.05) is 11.6 Å². The molecule has 1 atom stereocenters. The quantitative estimate of drug-likeness (QED) is 0.866. The van der Waals surface area contributed by atoms with E-state index >= 15 is 0 Å². The fraction of sp³-hybridized carbons (Fsp3) is 0.500. The summed E-state index contributed by atoms with van der Waals surface area (Å²) < 4.78 is 52.2. The van der Waals surface area contributed by atoms with E-state index in [0.717, 1.165) is 12.1 Å². The van der Waals surface area contributed by atoms with Crippen molar-refractivity contribution in [2.45, 2.75) is 32.7 Å². The average Bonchev–Trinajstić information content (AvgIpc) is 2.22. The molecule has 0 aliphatic heterocycles. The summed E-state index contributed by atoms with van der Waals surface area (Å²) in [6.07, 6.45) is 0.484. The summed E-state index contributed by atoms with van der Waals surface area (Å²) in [5, 5.41) is 0. The zero-order valence-electron chi connectivity index (χ0n) is 10.4. The number of nitrogens with one attached hydrogen (secondary N) is 1. The van der Waals surface area contributed by atoms with Gasteiger partial charge in [-0.05, 0) is 31.9 Å². The first-order valence-electron chi connectivity index (χ1n) is 5.78. The van der Waals surface area contributed by atoms with E-state index in [2.05, 4.69) is 4.72 Å². The minimum absolute atomic E-state index is 0.0110. The van der Waals surface area contributed by atoms with Crippen LogP contribution in [0.4, 0.5) is 8.78 Å². The van der Waals surface area contributed by atoms with Gasteiger partial charge in [0.05, 0.1) is 5.75 Å². The summed E-state index contributed by atoms with van der Waals surface area (Å²) in [6.45, 7) is 3.33. The molecule has 1 aromatic rings. The van der Waals surface area contributed by atoms with Crippen LogP contribution in [0.5, 0.6) is 0 Å². The van der Waals surface area contributed by atoms with Crippen molar-refractivity contribution in [1.29, 1.82) is 0 Å². The lowest BCUT2D eigenvalue weighted by molar-refractivity contribution is 0.522. The molecule has 18 heavy (non-hydrogen) atoms. The summed E-state index contributed by atoms with van der Waals surface area (Å²) in [5.41, 5.74) is -0.0933. The second kappa shape index (κ2) is 6.24. The summed E-state index contributed by atoms with van der Waals surface area (Å²) in [4.78, 5) is 0. The van der Waals surface area contributed by atoms with Crippen LogP contribution in [0.1, 0.15) is 25.8 Å². The molecule has 0 aliphatic rings. The molecule has 0 spiro atoms. The standard InChI is InChI=1S/C12H17F2NO2S/c1-3-7-18(16,17)15-9(2)8-10-11(13)5-4-6-12(10)14/h4-6,9,15H,3,7-8H2,1-2H3. The van der Waals surface area contributed by atoms with Crippen molar-refractivity contribution in [2.24, 2.45) is 0 Å². The molecular weight excluding hydrogens is 260 g/mol. The second-order valence-electron chi connectivity index (χ2n) is 4.24. The molecule has 0 amide bonds. The Morgan fingerprint density at radius 3 is 2.33 bits per heavy atom. The fourth-order valence-electron chi connectivity index (χ4n) is 1.71. The third kappa shape index (κ3) is 4.34. The highest BCUT2D eigenvalue weighted by Gasteiger charge is 2.17. The van der Waals surface area contributed by atoms with Gasteiger partial charge in [0.1, 0.15) is 11.6 Å². The fourth-order valence-corrected chi connectivity index (χ4v) is 3.06. The minimum atomic E-state index is -3.37. The van der Waals surface area contributed by atoms with E-state index in [1.165, 1.54) is 6.07 Å². The van der Waals surface area contributed by atoms with Crippen LogP contribution in [0, 0.1) is 11.6 Å². The molecule has 1 aromatic carbocycles. The van der Waals surface area contributed by atoms with Gasteiger partial charge in [-0.1, -0.05) is 13.0 Å². The second-order valence-corrected chi connectivity index (χ2v) is 6.12. The molecular formula is C12H17F2NO2S. The number of halogens is 2. The van der Waals surface area contributed by atoms with Crippen molar-refractivity contribution in [2.75, 3.05) is 5.75 Å². The number of hydrogen-bond donors (Lipinski definition) is 1. The molecule has 1 unspecified atom stereocenters. The van der Waals surface area contributed by atoms with Crippen LogP contribution < -0.4 is 4.72 Å². The Kier molecular flexibility index (Phi) is 5.22. The van der Waals surface area contributed by atoms with Crippen molar-refractivity contribution in [3.63, 3.8) is 0 Å². The van der Waals surface area contributed by atoms with Crippen LogP contribution in [0.15, 0.2) is 18.2 Å². The van der Waals surface area contributed by atoms with E-state index < -0.39 is 27.7 Å². The topological polar surface area (TPSA) is 46.2 Å². The normalized spacial score (nSPS) is 13.6. The van der Waals surface area contributed by atoms with E-state index in [-0.39, 0.29) is 17.7 Å². The third-order valence-electron chi connectivity index (χ3n) is 2.43. The predicted octanol–water partition coefficient (Wildman–Crippen LogP) is 2.23. The first-order valence-corrected chi connectivity index (χ1v) is 7.44. The number of hydrogen-bond acceptors (Lipinski definition) is 2. The van der Waals surface area contributed by atoms with Crippen molar-refractivity contribution >= 4 is 10.0 Å². The van der Waals surface area contributed by atoms with Gasteiger partial charge in [-0.25, -0.2) is 21.9 Å². The zero-order valence-corrected chi connectivity index (χ0v) is 11.2. The highest BCUT2D eigenvalue weighted by molar-refractivity contribution is 7.89. The van der Waals surface area contributed by atoms with E-state index in [1.54, 1.807) is 13.8 Å². The molecule has 0 aliphatic carbocycles. The Morgan fingerprint density at radius 2 is 1.83 bits per heavy atom. The largest absolute Gasteiger partial charge is 0.212 e. The first-order chi connectivity index (χ1) is 8.35. The average molecular weight is 277 g/mol. The monoisotopic (exact) mass is 277 g/mol. The number of rotatable bonds is 6. The molecule has 1 rings (SSSR count). The Labute approximate surface area is 106 Å². The Hall–Kier alpha value is -1.01.